The van der Waals surface area contributed by atoms with Gasteiger partial charge in [0.25, 0.3) is 0 Å². The molecule has 0 aromatic heterocycles. The zero-order valence-electron chi connectivity index (χ0n) is 9.38. The quantitative estimate of drug-likeness (QED) is 0.742. The number of anilines is 1. The van der Waals surface area contributed by atoms with E-state index in [1.807, 2.05) is 6.07 Å². The third kappa shape index (κ3) is 3.04. The van der Waals surface area contributed by atoms with Gasteiger partial charge in [-0.05, 0) is 38.6 Å². The van der Waals surface area contributed by atoms with Crippen molar-refractivity contribution in [2.24, 2.45) is 0 Å². The first kappa shape index (κ1) is 11.1. The van der Waals surface area contributed by atoms with Gasteiger partial charge in [0.05, 0.1) is 0 Å². The summed E-state index contributed by atoms with van der Waals surface area (Å²) in [5.74, 6) is 0. The molecule has 1 aromatic carbocycles. The molecule has 0 aliphatic carbocycles. The predicted molar refractivity (Wildman–Crippen MR) is 62.2 cm³/mol. The van der Waals surface area contributed by atoms with Crippen molar-refractivity contribution in [1.29, 1.82) is 0 Å². The van der Waals surface area contributed by atoms with Gasteiger partial charge in [-0.1, -0.05) is 24.6 Å². The van der Waals surface area contributed by atoms with E-state index in [9.17, 15) is 0 Å². The number of nitrogen functional groups attached to an aromatic ring is 1. The summed E-state index contributed by atoms with van der Waals surface area (Å²) in [4.78, 5) is 2.30. The molecule has 0 bridgehead atoms. The minimum absolute atomic E-state index is 0.901. The van der Waals surface area contributed by atoms with Crippen molar-refractivity contribution in [2.45, 2.75) is 26.8 Å². The smallest absolute Gasteiger partial charge is 0.0359 e. The highest BCUT2D eigenvalue weighted by Gasteiger charge is 2.02. The standard InChI is InChI=1S/C12H20N2/c1-4-7-14(3)9-11-8-10(2)5-6-12(11)13/h5-6,8H,4,7,9,13H2,1-3H3. The monoisotopic (exact) mass is 192 g/mol. The highest BCUT2D eigenvalue weighted by Crippen LogP contribution is 2.15. The lowest BCUT2D eigenvalue weighted by Gasteiger charge is -2.17. The van der Waals surface area contributed by atoms with Crippen molar-refractivity contribution in [1.82, 2.24) is 4.90 Å². The molecule has 0 radical (unpaired) electrons. The van der Waals surface area contributed by atoms with E-state index in [2.05, 4.69) is 37.9 Å². The maximum atomic E-state index is 5.91. The third-order valence-corrected chi connectivity index (χ3v) is 2.34. The van der Waals surface area contributed by atoms with Crippen LogP contribution in [0.25, 0.3) is 0 Å². The fourth-order valence-corrected chi connectivity index (χ4v) is 1.62. The Labute approximate surface area is 86.7 Å². The Kier molecular flexibility index (Phi) is 3.96. The predicted octanol–water partition coefficient (Wildman–Crippen LogP) is 2.42. The number of rotatable bonds is 4. The number of nitrogens with zero attached hydrogens (tertiary/aromatic N) is 1. The van der Waals surface area contributed by atoms with Gasteiger partial charge in [0.1, 0.15) is 0 Å². The average Bonchev–Trinajstić information content (AvgIpc) is 2.12. The number of aryl methyl sites for hydroxylation is 1. The van der Waals surface area contributed by atoms with Crippen LogP contribution in [0.2, 0.25) is 0 Å². The first-order valence-electron chi connectivity index (χ1n) is 5.17. The molecular formula is C12H20N2. The van der Waals surface area contributed by atoms with E-state index in [-0.39, 0.29) is 0 Å². The van der Waals surface area contributed by atoms with Crippen LogP contribution in [-0.2, 0) is 6.54 Å². The van der Waals surface area contributed by atoms with Gasteiger partial charge in [0, 0.05) is 12.2 Å². The van der Waals surface area contributed by atoms with E-state index in [0.717, 1.165) is 18.8 Å². The van der Waals surface area contributed by atoms with Gasteiger partial charge < -0.3 is 10.6 Å². The summed E-state index contributed by atoms with van der Waals surface area (Å²) in [5, 5.41) is 0. The van der Waals surface area contributed by atoms with Gasteiger partial charge in [0.15, 0.2) is 0 Å². The molecule has 1 rings (SSSR count). The van der Waals surface area contributed by atoms with Crippen LogP contribution in [0.15, 0.2) is 18.2 Å². The Morgan fingerprint density at radius 2 is 2.07 bits per heavy atom. The van der Waals surface area contributed by atoms with Gasteiger partial charge in [-0.15, -0.1) is 0 Å². The van der Waals surface area contributed by atoms with Gasteiger partial charge in [-0.2, -0.15) is 0 Å². The van der Waals surface area contributed by atoms with E-state index in [4.69, 9.17) is 5.73 Å². The van der Waals surface area contributed by atoms with Gasteiger partial charge in [0.2, 0.25) is 0 Å². The second kappa shape index (κ2) is 5.01. The average molecular weight is 192 g/mol. The lowest BCUT2D eigenvalue weighted by molar-refractivity contribution is 0.328. The topological polar surface area (TPSA) is 29.3 Å². The van der Waals surface area contributed by atoms with E-state index in [1.54, 1.807) is 0 Å². The number of hydrogen-bond donors (Lipinski definition) is 1. The minimum atomic E-state index is 0.901. The summed E-state index contributed by atoms with van der Waals surface area (Å²) in [6.07, 6.45) is 1.18. The first-order valence-corrected chi connectivity index (χ1v) is 5.17. The Bertz CT molecular complexity index is 294. The lowest BCUT2D eigenvalue weighted by atomic mass is 10.1. The number of hydrogen-bond acceptors (Lipinski definition) is 2. The summed E-state index contributed by atoms with van der Waals surface area (Å²) in [6, 6.07) is 6.21. The fourth-order valence-electron chi connectivity index (χ4n) is 1.62. The zero-order valence-corrected chi connectivity index (χ0v) is 9.38. The SMILES string of the molecule is CCCN(C)Cc1cc(C)ccc1N. The van der Waals surface area contributed by atoms with Crippen molar-refractivity contribution in [2.75, 3.05) is 19.3 Å². The summed E-state index contributed by atoms with van der Waals surface area (Å²) in [5.41, 5.74) is 9.32. The molecule has 1 aromatic rings. The normalized spacial score (nSPS) is 10.9. The van der Waals surface area contributed by atoms with Crippen LogP contribution in [-0.4, -0.2) is 18.5 Å². The van der Waals surface area contributed by atoms with E-state index < -0.39 is 0 Å². The molecule has 78 valence electrons. The van der Waals surface area contributed by atoms with Crippen molar-refractivity contribution in [3.8, 4) is 0 Å². The van der Waals surface area contributed by atoms with Crippen molar-refractivity contribution < 1.29 is 0 Å². The van der Waals surface area contributed by atoms with Crippen LogP contribution in [0.4, 0.5) is 5.69 Å². The van der Waals surface area contributed by atoms with Crippen LogP contribution in [0.3, 0.4) is 0 Å². The summed E-state index contributed by atoms with van der Waals surface area (Å²) in [7, 11) is 2.13. The molecule has 2 N–H and O–H groups in total. The minimum Gasteiger partial charge on any atom is -0.398 e. The maximum Gasteiger partial charge on any atom is 0.0359 e. The van der Waals surface area contributed by atoms with E-state index >= 15 is 0 Å². The highest BCUT2D eigenvalue weighted by molar-refractivity contribution is 5.48. The maximum absolute atomic E-state index is 5.91. The summed E-state index contributed by atoms with van der Waals surface area (Å²) < 4.78 is 0. The van der Waals surface area contributed by atoms with Crippen LogP contribution < -0.4 is 5.73 Å². The van der Waals surface area contributed by atoms with Crippen LogP contribution in [0.1, 0.15) is 24.5 Å². The molecular weight excluding hydrogens is 172 g/mol. The second-order valence-corrected chi connectivity index (χ2v) is 3.94. The Morgan fingerprint density at radius 1 is 1.36 bits per heavy atom. The Balaban J connectivity index is 2.70. The lowest BCUT2D eigenvalue weighted by Crippen LogP contribution is -2.19. The summed E-state index contributed by atoms with van der Waals surface area (Å²) >= 11 is 0. The molecule has 0 heterocycles. The molecule has 2 heteroatoms. The molecule has 14 heavy (non-hydrogen) atoms. The number of benzene rings is 1. The molecule has 0 unspecified atom stereocenters. The van der Waals surface area contributed by atoms with Gasteiger partial charge >= 0.3 is 0 Å². The number of nitrogens with two attached hydrogens (primary N) is 1. The molecule has 0 fully saturated rings. The molecule has 0 aliphatic rings. The molecule has 2 nitrogen and oxygen atoms in total. The fraction of sp³-hybridized carbons (Fsp3) is 0.500. The molecule has 0 saturated carbocycles. The van der Waals surface area contributed by atoms with Crippen molar-refractivity contribution >= 4 is 5.69 Å². The first-order chi connectivity index (χ1) is 6.63. The van der Waals surface area contributed by atoms with Crippen LogP contribution >= 0.6 is 0 Å². The molecule has 0 atom stereocenters. The zero-order chi connectivity index (χ0) is 10.6. The third-order valence-electron chi connectivity index (χ3n) is 2.34. The molecule has 0 aliphatic heterocycles. The molecule has 0 amide bonds. The van der Waals surface area contributed by atoms with E-state index in [1.165, 1.54) is 17.5 Å². The van der Waals surface area contributed by atoms with Gasteiger partial charge in [-0.3, -0.25) is 0 Å². The largest absolute Gasteiger partial charge is 0.398 e. The van der Waals surface area contributed by atoms with Crippen LogP contribution in [0, 0.1) is 6.92 Å². The summed E-state index contributed by atoms with van der Waals surface area (Å²) in [6.45, 7) is 6.35. The van der Waals surface area contributed by atoms with Gasteiger partial charge in [-0.25, -0.2) is 0 Å². The second-order valence-electron chi connectivity index (χ2n) is 3.94. The van der Waals surface area contributed by atoms with Crippen molar-refractivity contribution in [3.05, 3.63) is 29.3 Å². The van der Waals surface area contributed by atoms with Crippen molar-refractivity contribution in [3.63, 3.8) is 0 Å². The van der Waals surface area contributed by atoms with Crippen LogP contribution in [0.5, 0.6) is 0 Å². The molecule has 0 saturated heterocycles. The molecule has 0 spiro atoms. The Hall–Kier alpha value is -1.02. The highest BCUT2D eigenvalue weighted by atomic mass is 15.1. The van der Waals surface area contributed by atoms with E-state index in [0.29, 0.717) is 0 Å². The Morgan fingerprint density at radius 3 is 2.71 bits per heavy atom.